The Kier molecular flexibility index (Phi) is 9.72. The minimum atomic E-state index is -3.98. The highest BCUT2D eigenvalue weighted by Crippen LogP contribution is 2.28. The SMILES string of the molecule is COc1ccc(CCNC(=O)c2ccccc2NC(=O)c2ccc(C)c(S(=O)(=O)Nc3ccc(C)cc3C)c2)cc1OC. The van der Waals surface area contributed by atoms with E-state index in [-0.39, 0.29) is 21.9 Å². The van der Waals surface area contributed by atoms with Crippen molar-refractivity contribution in [3.8, 4) is 11.5 Å². The van der Waals surface area contributed by atoms with Crippen LogP contribution in [0.2, 0.25) is 0 Å². The molecule has 0 aromatic heterocycles. The molecular weight excluding hydrogens is 566 g/mol. The van der Waals surface area contributed by atoms with Crippen LogP contribution in [0.4, 0.5) is 11.4 Å². The number of carbonyl (C=O) groups excluding carboxylic acids is 2. The average Bonchev–Trinajstić information content (AvgIpc) is 2.98. The summed E-state index contributed by atoms with van der Waals surface area (Å²) < 4.78 is 39.8. The first-order valence-corrected chi connectivity index (χ1v) is 15.1. The van der Waals surface area contributed by atoms with Crippen molar-refractivity contribution in [1.82, 2.24) is 5.32 Å². The maximum atomic E-state index is 13.3. The first-order chi connectivity index (χ1) is 20.5. The topological polar surface area (TPSA) is 123 Å². The second-order valence-electron chi connectivity index (χ2n) is 10.1. The molecule has 0 atom stereocenters. The lowest BCUT2D eigenvalue weighted by atomic mass is 10.1. The summed E-state index contributed by atoms with van der Waals surface area (Å²) in [6, 6.07) is 22.1. The van der Waals surface area contributed by atoms with Crippen molar-refractivity contribution in [1.29, 1.82) is 0 Å². The zero-order chi connectivity index (χ0) is 31.1. The van der Waals surface area contributed by atoms with Crippen LogP contribution in [0.1, 0.15) is 43.0 Å². The monoisotopic (exact) mass is 601 g/mol. The van der Waals surface area contributed by atoms with E-state index in [1.807, 2.05) is 44.2 Å². The molecular formula is C33H35N3O6S. The van der Waals surface area contributed by atoms with Crippen LogP contribution in [0.25, 0.3) is 0 Å². The van der Waals surface area contributed by atoms with E-state index >= 15 is 0 Å². The number of nitrogens with one attached hydrogen (secondary N) is 3. The van der Waals surface area contributed by atoms with Crippen LogP contribution in [0, 0.1) is 20.8 Å². The number of amides is 2. The molecule has 0 spiro atoms. The van der Waals surface area contributed by atoms with E-state index in [0.717, 1.165) is 16.7 Å². The molecule has 43 heavy (non-hydrogen) atoms. The number of methoxy groups -OCH3 is 2. The van der Waals surface area contributed by atoms with Crippen LogP contribution in [0.3, 0.4) is 0 Å². The Labute approximate surface area is 252 Å². The predicted molar refractivity (Wildman–Crippen MR) is 168 cm³/mol. The third kappa shape index (κ3) is 7.52. The molecule has 10 heteroatoms. The number of carbonyl (C=O) groups is 2. The smallest absolute Gasteiger partial charge is 0.262 e. The van der Waals surface area contributed by atoms with Gasteiger partial charge in [-0.25, -0.2) is 8.42 Å². The van der Waals surface area contributed by atoms with Gasteiger partial charge < -0.3 is 20.1 Å². The lowest BCUT2D eigenvalue weighted by Crippen LogP contribution is -2.27. The van der Waals surface area contributed by atoms with Crippen LogP contribution in [0.5, 0.6) is 11.5 Å². The number of hydrogen-bond acceptors (Lipinski definition) is 6. The van der Waals surface area contributed by atoms with Gasteiger partial charge >= 0.3 is 0 Å². The van der Waals surface area contributed by atoms with Crippen molar-refractivity contribution in [2.45, 2.75) is 32.1 Å². The van der Waals surface area contributed by atoms with E-state index < -0.39 is 15.9 Å². The fourth-order valence-corrected chi connectivity index (χ4v) is 6.00. The largest absolute Gasteiger partial charge is 0.493 e. The highest BCUT2D eigenvalue weighted by molar-refractivity contribution is 7.92. The van der Waals surface area contributed by atoms with E-state index in [9.17, 15) is 18.0 Å². The number of para-hydroxylation sites is 1. The maximum Gasteiger partial charge on any atom is 0.262 e. The standard InChI is InChI=1S/C33H35N3O6S/c1-21-10-14-27(23(3)18-21)36-43(39,40)31-20-25(13-11-22(31)2)32(37)35-28-9-7-6-8-26(28)33(38)34-17-16-24-12-15-29(41-4)30(19-24)42-5/h6-15,18-20,36H,16-17H2,1-5H3,(H,34,38)(H,35,37). The minimum Gasteiger partial charge on any atom is -0.493 e. The molecule has 0 bridgehead atoms. The maximum absolute atomic E-state index is 13.3. The van der Waals surface area contributed by atoms with E-state index in [4.69, 9.17) is 9.47 Å². The van der Waals surface area contributed by atoms with Crippen molar-refractivity contribution >= 4 is 33.2 Å². The minimum absolute atomic E-state index is 0.0127. The fourth-order valence-electron chi connectivity index (χ4n) is 4.60. The van der Waals surface area contributed by atoms with Crippen molar-refractivity contribution in [3.05, 3.63) is 112 Å². The number of rotatable bonds is 11. The van der Waals surface area contributed by atoms with Gasteiger partial charge in [-0.1, -0.05) is 42.0 Å². The molecule has 9 nitrogen and oxygen atoms in total. The molecule has 2 amide bonds. The molecule has 0 aliphatic carbocycles. The fraction of sp³-hybridized carbons (Fsp3) is 0.212. The summed E-state index contributed by atoms with van der Waals surface area (Å²) >= 11 is 0. The number of anilines is 2. The van der Waals surface area contributed by atoms with Gasteiger partial charge in [-0.05, 0) is 86.3 Å². The molecule has 4 aromatic carbocycles. The second-order valence-corrected chi connectivity index (χ2v) is 11.7. The van der Waals surface area contributed by atoms with E-state index in [2.05, 4.69) is 15.4 Å². The Morgan fingerprint density at radius 3 is 2.21 bits per heavy atom. The summed E-state index contributed by atoms with van der Waals surface area (Å²) in [6.07, 6.45) is 0.553. The third-order valence-electron chi connectivity index (χ3n) is 6.93. The molecule has 0 saturated heterocycles. The van der Waals surface area contributed by atoms with Gasteiger partial charge in [-0.2, -0.15) is 0 Å². The van der Waals surface area contributed by atoms with Gasteiger partial charge in [-0.3, -0.25) is 14.3 Å². The molecule has 0 unspecified atom stereocenters. The van der Waals surface area contributed by atoms with Crippen LogP contribution < -0.4 is 24.8 Å². The molecule has 0 heterocycles. The van der Waals surface area contributed by atoms with Crippen molar-refractivity contribution in [2.24, 2.45) is 0 Å². The van der Waals surface area contributed by atoms with Crippen molar-refractivity contribution in [2.75, 3.05) is 30.8 Å². The van der Waals surface area contributed by atoms with Gasteiger partial charge in [-0.15, -0.1) is 0 Å². The highest BCUT2D eigenvalue weighted by Gasteiger charge is 2.21. The average molecular weight is 602 g/mol. The number of benzene rings is 4. The molecule has 224 valence electrons. The quantitative estimate of drug-likeness (QED) is 0.204. The van der Waals surface area contributed by atoms with E-state index in [1.54, 1.807) is 63.6 Å². The summed E-state index contributed by atoms with van der Waals surface area (Å²) in [5, 5.41) is 5.65. The number of aryl methyl sites for hydroxylation is 3. The highest BCUT2D eigenvalue weighted by atomic mass is 32.2. The molecule has 4 rings (SSSR count). The second kappa shape index (κ2) is 13.4. The Morgan fingerprint density at radius 1 is 0.744 bits per heavy atom. The van der Waals surface area contributed by atoms with Gasteiger partial charge in [0.15, 0.2) is 11.5 Å². The molecule has 4 aromatic rings. The van der Waals surface area contributed by atoms with Crippen LogP contribution in [-0.2, 0) is 16.4 Å². The summed E-state index contributed by atoms with van der Waals surface area (Å²) in [5.41, 5.74) is 4.42. The normalized spacial score (nSPS) is 11.0. The Morgan fingerprint density at radius 2 is 1.49 bits per heavy atom. The summed E-state index contributed by atoms with van der Waals surface area (Å²) in [4.78, 5) is 26.3. The zero-order valence-corrected chi connectivity index (χ0v) is 25.6. The first kappa shape index (κ1) is 31.1. The Bertz CT molecular complexity index is 1770. The van der Waals surface area contributed by atoms with Crippen LogP contribution >= 0.6 is 0 Å². The summed E-state index contributed by atoms with van der Waals surface area (Å²) in [7, 11) is -0.849. The molecule has 0 aliphatic rings. The van der Waals surface area contributed by atoms with Gasteiger partial charge in [0.2, 0.25) is 0 Å². The van der Waals surface area contributed by atoms with Crippen molar-refractivity contribution in [3.63, 3.8) is 0 Å². The molecule has 0 fully saturated rings. The lowest BCUT2D eigenvalue weighted by Gasteiger charge is -2.15. The molecule has 0 aliphatic heterocycles. The Balaban J connectivity index is 1.47. The molecule has 0 radical (unpaired) electrons. The third-order valence-corrected chi connectivity index (χ3v) is 8.44. The summed E-state index contributed by atoms with van der Waals surface area (Å²) in [5.74, 6) is 0.318. The molecule has 3 N–H and O–H groups in total. The summed E-state index contributed by atoms with van der Waals surface area (Å²) in [6.45, 7) is 5.77. The van der Waals surface area contributed by atoms with Gasteiger partial charge in [0.05, 0.1) is 36.1 Å². The number of hydrogen-bond donors (Lipinski definition) is 3. The van der Waals surface area contributed by atoms with Gasteiger partial charge in [0.1, 0.15) is 0 Å². The Hall–Kier alpha value is -4.83. The zero-order valence-electron chi connectivity index (χ0n) is 24.8. The number of sulfonamides is 1. The van der Waals surface area contributed by atoms with Gasteiger partial charge in [0, 0.05) is 12.1 Å². The van der Waals surface area contributed by atoms with E-state index in [0.29, 0.717) is 41.4 Å². The number of ether oxygens (including phenoxy) is 2. The molecule has 0 saturated carbocycles. The van der Waals surface area contributed by atoms with Crippen LogP contribution in [0.15, 0.2) is 83.8 Å². The predicted octanol–water partition coefficient (Wildman–Crippen LogP) is 5.65. The van der Waals surface area contributed by atoms with E-state index in [1.165, 1.54) is 6.07 Å². The van der Waals surface area contributed by atoms with Crippen LogP contribution in [-0.4, -0.2) is 41.0 Å². The van der Waals surface area contributed by atoms with Gasteiger partial charge in [0.25, 0.3) is 21.8 Å². The first-order valence-electron chi connectivity index (χ1n) is 13.6. The lowest BCUT2D eigenvalue weighted by molar-refractivity contribution is 0.0955. The van der Waals surface area contributed by atoms with Crippen molar-refractivity contribution < 1.29 is 27.5 Å².